The summed E-state index contributed by atoms with van der Waals surface area (Å²) in [6, 6.07) is 14.0. The molecule has 0 bridgehead atoms. The summed E-state index contributed by atoms with van der Waals surface area (Å²) in [5.74, 6) is 1.23. The molecule has 1 N–H and O–H groups in total. The average Bonchev–Trinajstić information content (AvgIpc) is 2.94. The van der Waals surface area contributed by atoms with Crippen LogP contribution in [0.5, 0.6) is 0 Å². The molecule has 2 aromatic rings. The van der Waals surface area contributed by atoms with Crippen LogP contribution in [0, 0.1) is 5.92 Å². The molecule has 0 saturated heterocycles. The molecule has 0 spiro atoms. The number of aliphatic hydroxyl groups excluding tert-OH is 1. The van der Waals surface area contributed by atoms with Gasteiger partial charge in [-0.2, -0.15) is 5.10 Å². The molecule has 3 nitrogen and oxygen atoms in total. The molecule has 2 aliphatic rings. The standard InChI is InChI=1S/C18H16Cl2N2OS/c19-12-3-1-11(2-4-12)18-15-10-24-16-6-5-13(20)9-14(16)17(15)21-22(18)7-8-23/h1-6,9,15,18,23H,7-8,10H2/t15-,18+/m0/s1. The van der Waals surface area contributed by atoms with Gasteiger partial charge in [0.05, 0.1) is 24.9 Å². The van der Waals surface area contributed by atoms with Crippen LogP contribution in [0.1, 0.15) is 17.2 Å². The molecule has 2 aromatic carbocycles. The van der Waals surface area contributed by atoms with Gasteiger partial charge in [-0.1, -0.05) is 35.3 Å². The molecule has 0 amide bonds. The number of nitrogens with zero attached hydrogens (tertiary/aromatic N) is 2. The molecule has 24 heavy (non-hydrogen) atoms. The van der Waals surface area contributed by atoms with Gasteiger partial charge >= 0.3 is 0 Å². The van der Waals surface area contributed by atoms with Crippen LogP contribution >= 0.6 is 35.0 Å². The molecule has 0 fully saturated rings. The van der Waals surface area contributed by atoms with Crippen molar-refractivity contribution in [2.75, 3.05) is 18.9 Å². The van der Waals surface area contributed by atoms with Crippen molar-refractivity contribution in [3.63, 3.8) is 0 Å². The molecular formula is C18H16Cl2N2OS. The van der Waals surface area contributed by atoms with Gasteiger partial charge < -0.3 is 5.11 Å². The zero-order valence-corrected chi connectivity index (χ0v) is 15.2. The van der Waals surface area contributed by atoms with Crippen molar-refractivity contribution in [3.8, 4) is 0 Å². The van der Waals surface area contributed by atoms with Gasteiger partial charge in [0.25, 0.3) is 0 Å². The maximum absolute atomic E-state index is 9.45. The van der Waals surface area contributed by atoms with Crippen LogP contribution < -0.4 is 0 Å². The summed E-state index contributed by atoms with van der Waals surface area (Å²) in [7, 11) is 0. The van der Waals surface area contributed by atoms with Gasteiger partial charge in [0, 0.05) is 32.2 Å². The zero-order chi connectivity index (χ0) is 16.7. The van der Waals surface area contributed by atoms with E-state index >= 15 is 0 Å². The van der Waals surface area contributed by atoms with Gasteiger partial charge in [-0.05, 0) is 35.9 Å². The van der Waals surface area contributed by atoms with Crippen molar-refractivity contribution < 1.29 is 5.11 Å². The lowest BCUT2D eigenvalue weighted by molar-refractivity contribution is 0.158. The normalized spacial score (nSPS) is 22.1. The van der Waals surface area contributed by atoms with Gasteiger partial charge in [0.15, 0.2) is 0 Å². The fraction of sp³-hybridized carbons (Fsp3) is 0.278. The number of halogens is 2. The van der Waals surface area contributed by atoms with E-state index < -0.39 is 0 Å². The van der Waals surface area contributed by atoms with Crippen LogP contribution in [-0.4, -0.2) is 34.7 Å². The smallest absolute Gasteiger partial charge is 0.0813 e. The number of β-amino-alcohol motifs (C(OH)–C–C–N with tert-alkyl or cyclic N) is 1. The number of hydrazone groups is 1. The summed E-state index contributed by atoms with van der Waals surface area (Å²) in [5.41, 5.74) is 3.35. The first-order valence-electron chi connectivity index (χ1n) is 7.81. The van der Waals surface area contributed by atoms with E-state index in [-0.39, 0.29) is 18.6 Å². The lowest BCUT2D eigenvalue weighted by Crippen LogP contribution is -2.30. The lowest BCUT2D eigenvalue weighted by atomic mass is 9.88. The molecule has 0 saturated carbocycles. The fourth-order valence-corrected chi connectivity index (χ4v) is 4.90. The van der Waals surface area contributed by atoms with Crippen LogP contribution in [0.25, 0.3) is 0 Å². The molecule has 0 radical (unpaired) electrons. The molecule has 6 heteroatoms. The first kappa shape index (κ1) is 16.3. The molecule has 2 heterocycles. The summed E-state index contributed by atoms with van der Waals surface area (Å²) in [6.45, 7) is 0.580. The van der Waals surface area contributed by atoms with Crippen LogP contribution in [0.4, 0.5) is 0 Å². The van der Waals surface area contributed by atoms with E-state index in [1.54, 1.807) is 0 Å². The minimum atomic E-state index is 0.0726. The van der Waals surface area contributed by atoms with Gasteiger partial charge in [-0.3, -0.25) is 5.01 Å². The molecule has 0 unspecified atom stereocenters. The first-order chi connectivity index (χ1) is 11.7. The van der Waals surface area contributed by atoms with Crippen molar-refractivity contribution in [1.82, 2.24) is 5.01 Å². The molecule has 0 aliphatic carbocycles. The van der Waals surface area contributed by atoms with E-state index in [1.165, 1.54) is 10.5 Å². The van der Waals surface area contributed by atoms with Crippen LogP contribution in [0.15, 0.2) is 52.5 Å². The molecule has 4 rings (SSSR count). The first-order valence-corrected chi connectivity index (χ1v) is 9.55. The van der Waals surface area contributed by atoms with E-state index in [2.05, 4.69) is 6.07 Å². The summed E-state index contributed by atoms with van der Waals surface area (Å²) >= 11 is 14.1. The Morgan fingerprint density at radius 2 is 1.88 bits per heavy atom. The monoisotopic (exact) mass is 378 g/mol. The zero-order valence-electron chi connectivity index (χ0n) is 12.8. The van der Waals surface area contributed by atoms with Crippen molar-refractivity contribution in [2.24, 2.45) is 11.0 Å². The number of rotatable bonds is 3. The maximum Gasteiger partial charge on any atom is 0.0813 e. The van der Waals surface area contributed by atoms with E-state index in [0.717, 1.165) is 27.1 Å². The van der Waals surface area contributed by atoms with Crippen molar-refractivity contribution in [2.45, 2.75) is 10.9 Å². The highest BCUT2D eigenvalue weighted by atomic mass is 35.5. The largest absolute Gasteiger partial charge is 0.394 e. The third kappa shape index (κ3) is 2.82. The number of hydrogen-bond donors (Lipinski definition) is 1. The lowest BCUT2D eigenvalue weighted by Gasteiger charge is -2.30. The van der Waals surface area contributed by atoms with Crippen molar-refractivity contribution in [3.05, 3.63) is 63.6 Å². The maximum atomic E-state index is 9.45. The van der Waals surface area contributed by atoms with Crippen LogP contribution in [-0.2, 0) is 0 Å². The summed E-state index contributed by atoms with van der Waals surface area (Å²) in [6.07, 6.45) is 0. The predicted octanol–water partition coefficient (Wildman–Crippen LogP) is 4.47. The highest BCUT2D eigenvalue weighted by Gasteiger charge is 2.41. The van der Waals surface area contributed by atoms with E-state index in [1.807, 2.05) is 53.2 Å². The van der Waals surface area contributed by atoms with Crippen LogP contribution in [0.3, 0.4) is 0 Å². The Morgan fingerprint density at radius 3 is 2.62 bits per heavy atom. The van der Waals surface area contributed by atoms with Crippen molar-refractivity contribution in [1.29, 1.82) is 0 Å². The van der Waals surface area contributed by atoms with Gasteiger partial charge in [0.2, 0.25) is 0 Å². The minimum absolute atomic E-state index is 0.0726. The molecular weight excluding hydrogens is 363 g/mol. The Kier molecular flexibility index (Phi) is 4.48. The number of thioether (sulfide) groups is 1. The second kappa shape index (κ2) is 6.60. The number of aliphatic hydroxyl groups is 1. The highest BCUT2D eigenvalue weighted by molar-refractivity contribution is 7.99. The van der Waals surface area contributed by atoms with E-state index in [0.29, 0.717) is 6.54 Å². The third-order valence-electron chi connectivity index (χ3n) is 4.47. The Labute approximate surface area is 155 Å². The highest BCUT2D eigenvalue weighted by Crippen LogP contribution is 2.45. The molecule has 2 atom stereocenters. The Balaban J connectivity index is 1.77. The van der Waals surface area contributed by atoms with Gasteiger partial charge in [-0.15, -0.1) is 11.8 Å². The average molecular weight is 379 g/mol. The quantitative estimate of drug-likeness (QED) is 0.855. The van der Waals surface area contributed by atoms with E-state index in [4.69, 9.17) is 28.3 Å². The summed E-state index contributed by atoms with van der Waals surface area (Å²) in [5, 5.41) is 17.7. The minimum Gasteiger partial charge on any atom is -0.394 e. The summed E-state index contributed by atoms with van der Waals surface area (Å²) in [4.78, 5) is 1.22. The van der Waals surface area contributed by atoms with Gasteiger partial charge in [0.1, 0.15) is 0 Å². The van der Waals surface area contributed by atoms with E-state index in [9.17, 15) is 5.11 Å². The number of fused-ring (bicyclic) bond motifs is 3. The second-order valence-electron chi connectivity index (χ2n) is 5.93. The number of benzene rings is 2. The fourth-order valence-electron chi connectivity index (χ4n) is 3.42. The predicted molar refractivity (Wildman–Crippen MR) is 100 cm³/mol. The number of hydrogen-bond acceptors (Lipinski definition) is 4. The Hall–Kier alpha value is -1.20. The second-order valence-corrected chi connectivity index (χ2v) is 7.86. The van der Waals surface area contributed by atoms with Crippen LogP contribution in [0.2, 0.25) is 10.0 Å². The SMILES string of the molecule is OCCN1N=C2c3cc(Cl)ccc3SC[C@@H]2[C@H]1c1ccc(Cl)cc1. The summed E-state index contributed by atoms with van der Waals surface area (Å²) < 4.78 is 0. The molecule has 2 aliphatic heterocycles. The Morgan fingerprint density at radius 1 is 1.12 bits per heavy atom. The third-order valence-corrected chi connectivity index (χ3v) is 6.15. The van der Waals surface area contributed by atoms with Gasteiger partial charge in [-0.25, -0.2) is 0 Å². The topological polar surface area (TPSA) is 35.8 Å². The Bertz CT molecular complexity index is 794. The van der Waals surface area contributed by atoms with Crippen molar-refractivity contribution >= 4 is 40.7 Å². The molecule has 0 aromatic heterocycles. The molecule has 124 valence electrons.